The predicted molar refractivity (Wildman–Crippen MR) is 68.9 cm³/mol. The van der Waals surface area contributed by atoms with Gasteiger partial charge in [-0.2, -0.15) is 0 Å². The van der Waals surface area contributed by atoms with Gasteiger partial charge in [-0.25, -0.2) is 0 Å². The topological polar surface area (TPSA) is 44.4 Å². The van der Waals surface area contributed by atoms with E-state index >= 15 is 0 Å². The van der Waals surface area contributed by atoms with Gasteiger partial charge >= 0.3 is 0 Å². The van der Waals surface area contributed by atoms with Gasteiger partial charge in [-0.05, 0) is 45.7 Å². The normalized spacial score (nSPS) is 31.9. The van der Waals surface area contributed by atoms with Gasteiger partial charge in [-0.1, -0.05) is 6.42 Å². The average molecular weight is 239 g/mol. The molecule has 2 saturated heterocycles. The molecular weight excluding hydrogens is 214 g/mol. The van der Waals surface area contributed by atoms with Crippen LogP contribution in [0.4, 0.5) is 0 Å². The van der Waals surface area contributed by atoms with Gasteiger partial charge in [-0.3, -0.25) is 9.69 Å². The van der Waals surface area contributed by atoms with Gasteiger partial charge in [0.25, 0.3) is 0 Å². The number of rotatable bonds is 3. The first-order chi connectivity index (χ1) is 8.33. The summed E-state index contributed by atoms with van der Waals surface area (Å²) in [5, 5.41) is 6.32. The van der Waals surface area contributed by atoms with Crippen molar-refractivity contribution in [2.75, 3.05) is 26.7 Å². The van der Waals surface area contributed by atoms with Crippen molar-refractivity contribution in [3.8, 4) is 0 Å². The summed E-state index contributed by atoms with van der Waals surface area (Å²) in [6, 6.07) is 0.666. The summed E-state index contributed by atoms with van der Waals surface area (Å²) in [5.74, 6) is 0.255. The van der Waals surface area contributed by atoms with E-state index in [1.807, 2.05) is 7.05 Å². The van der Waals surface area contributed by atoms with Crippen molar-refractivity contribution in [1.29, 1.82) is 0 Å². The molecule has 0 bridgehead atoms. The Balaban J connectivity index is 2.02. The van der Waals surface area contributed by atoms with Gasteiger partial charge in [0, 0.05) is 19.1 Å². The molecular formula is C13H25N3O. The van der Waals surface area contributed by atoms with E-state index in [9.17, 15) is 4.79 Å². The Labute approximate surface area is 104 Å². The maximum atomic E-state index is 12.1. The second-order valence-corrected chi connectivity index (χ2v) is 5.25. The molecule has 0 aromatic carbocycles. The van der Waals surface area contributed by atoms with E-state index in [4.69, 9.17) is 0 Å². The van der Waals surface area contributed by atoms with Crippen molar-refractivity contribution in [3.05, 3.63) is 0 Å². The third-order valence-corrected chi connectivity index (χ3v) is 4.02. The standard InChI is InChI=1S/C13H25N3O/c1-14-10-11-6-3-5-9-16(11)12-7-2-4-8-15-13(12)17/h11-12,14H,2-10H2,1H3,(H,15,17). The van der Waals surface area contributed by atoms with Crippen LogP contribution in [0.3, 0.4) is 0 Å². The smallest absolute Gasteiger partial charge is 0.237 e. The Hall–Kier alpha value is -0.610. The van der Waals surface area contributed by atoms with E-state index in [0.29, 0.717) is 6.04 Å². The molecule has 4 heteroatoms. The number of likely N-dealkylation sites (N-methyl/N-ethyl adjacent to an activating group) is 1. The van der Waals surface area contributed by atoms with E-state index in [1.165, 1.54) is 25.7 Å². The largest absolute Gasteiger partial charge is 0.355 e. The van der Waals surface area contributed by atoms with Crippen molar-refractivity contribution >= 4 is 5.91 Å². The fourth-order valence-corrected chi connectivity index (χ4v) is 3.13. The molecule has 1 amide bonds. The van der Waals surface area contributed by atoms with Crippen molar-refractivity contribution in [2.24, 2.45) is 0 Å². The van der Waals surface area contributed by atoms with Crippen LogP contribution in [0, 0.1) is 0 Å². The summed E-state index contributed by atoms with van der Waals surface area (Å²) in [4.78, 5) is 14.5. The third kappa shape index (κ3) is 3.19. The zero-order valence-corrected chi connectivity index (χ0v) is 10.9. The van der Waals surface area contributed by atoms with Gasteiger partial charge in [0.05, 0.1) is 6.04 Å². The van der Waals surface area contributed by atoms with Crippen LogP contribution in [-0.2, 0) is 4.79 Å². The van der Waals surface area contributed by atoms with E-state index in [2.05, 4.69) is 15.5 Å². The fourth-order valence-electron chi connectivity index (χ4n) is 3.13. The third-order valence-electron chi connectivity index (χ3n) is 4.02. The number of nitrogens with one attached hydrogen (secondary N) is 2. The second kappa shape index (κ2) is 6.36. The molecule has 17 heavy (non-hydrogen) atoms. The molecule has 2 unspecified atom stereocenters. The number of carbonyl (C=O) groups excluding carboxylic acids is 1. The molecule has 0 aliphatic carbocycles. The lowest BCUT2D eigenvalue weighted by Gasteiger charge is -2.40. The Bertz CT molecular complexity index is 255. The highest BCUT2D eigenvalue weighted by molar-refractivity contribution is 5.82. The Morgan fingerprint density at radius 3 is 2.94 bits per heavy atom. The quantitative estimate of drug-likeness (QED) is 0.763. The minimum Gasteiger partial charge on any atom is -0.355 e. The molecule has 98 valence electrons. The first-order valence-electron chi connectivity index (χ1n) is 7.01. The van der Waals surface area contributed by atoms with Gasteiger partial charge in [0.2, 0.25) is 5.91 Å². The average Bonchev–Trinajstić information content (AvgIpc) is 2.55. The lowest BCUT2D eigenvalue weighted by Crippen LogP contribution is -2.54. The maximum Gasteiger partial charge on any atom is 0.237 e. The van der Waals surface area contributed by atoms with Crippen LogP contribution in [0.1, 0.15) is 38.5 Å². The van der Waals surface area contributed by atoms with Crippen LogP contribution in [0.2, 0.25) is 0 Å². The maximum absolute atomic E-state index is 12.1. The highest BCUT2D eigenvalue weighted by Gasteiger charge is 2.33. The minimum absolute atomic E-state index is 0.121. The summed E-state index contributed by atoms with van der Waals surface area (Å²) in [5.41, 5.74) is 0. The van der Waals surface area contributed by atoms with Crippen LogP contribution in [-0.4, -0.2) is 49.6 Å². The lowest BCUT2D eigenvalue weighted by molar-refractivity contribution is -0.127. The molecule has 2 N–H and O–H groups in total. The molecule has 2 aliphatic rings. The zero-order valence-electron chi connectivity index (χ0n) is 10.9. The summed E-state index contributed by atoms with van der Waals surface area (Å²) in [7, 11) is 2.00. The van der Waals surface area contributed by atoms with Crippen LogP contribution >= 0.6 is 0 Å². The van der Waals surface area contributed by atoms with Crippen LogP contribution in [0.25, 0.3) is 0 Å². The minimum atomic E-state index is 0.121. The van der Waals surface area contributed by atoms with Gasteiger partial charge in [0.1, 0.15) is 0 Å². The van der Waals surface area contributed by atoms with E-state index < -0.39 is 0 Å². The lowest BCUT2D eigenvalue weighted by atomic mass is 9.97. The number of piperidine rings is 1. The molecule has 0 spiro atoms. The molecule has 2 heterocycles. The monoisotopic (exact) mass is 239 g/mol. The van der Waals surface area contributed by atoms with Crippen LogP contribution in [0.15, 0.2) is 0 Å². The van der Waals surface area contributed by atoms with Crippen molar-refractivity contribution in [2.45, 2.75) is 50.6 Å². The Morgan fingerprint density at radius 1 is 1.29 bits per heavy atom. The van der Waals surface area contributed by atoms with E-state index in [1.54, 1.807) is 0 Å². The summed E-state index contributed by atoms with van der Waals surface area (Å²) in [6.45, 7) is 2.95. The van der Waals surface area contributed by atoms with E-state index in [-0.39, 0.29) is 11.9 Å². The van der Waals surface area contributed by atoms with Gasteiger partial charge in [0.15, 0.2) is 0 Å². The number of hydrogen-bond acceptors (Lipinski definition) is 3. The molecule has 4 nitrogen and oxygen atoms in total. The van der Waals surface area contributed by atoms with Gasteiger partial charge in [-0.15, -0.1) is 0 Å². The number of hydrogen-bond donors (Lipinski definition) is 2. The Kier molecular flexibility index (Phi) is 4.80. The number of likely N-dealkylation sites (tertiary alicyclic amines) is 1. The Morgan fingerprint density at radius 2 is 2.12 bits per heavy atom. The SMILES string of the molecule is CNCC1CCCCN1C1CCCCNC1=O. The van der Waals surface area contributed by atoms with Crippen molar-refractivity contribution < 1.29 is 4.79 Å². The first-order valence-corrected chi connectivity index (χ1v) is 7.01. The molecule has 0 saturated carbocycles. The predicted octanol–water partition coefficient (Wildman–Crippen LogP) is 0.729. The number of amides is 1. The molecule has 2 aliphatic heterocycles. The summed E-state index contributed by atoms with van der Waals surface area (Å²) >= 11 is 0. The molecule has 0 aromatic heterocycles. The van der Waals surface area contributed by atoms with Crippen LogP contribution in [0.5, 0.6) is 0 Å². The van der Waals surface area contributed by atoms with Gasteiger partial charge < -0.3 is 10.6 Å². The molecule has 2 atom stereocenters. The summed E-state index contributed by atoms with van der Waals surface area (Å²) in [6.07, 6.45) is 7.11. The summed E-state index contributed by atoms with van der Waals surface area (Å²) < 4.78 is 0. The van der Waals surface area contributed by atoms with Crippen molar-refractivity contribution in [1.82, 2.24) is 15.5 Å². The second-order valence-electron chi connectivity index (χ2n) is 5.25. The van der Waals surface area contributed by atoms with E-state index in [0.717, 1.165) is 32.5 Å². The molecule has 0 aromatic rings. The zero-order chi connectivity index (χ0) is 12.1. The van der Waals surface area contributed by atoms with Crippen LogP contribution < -0.4 is 10.6 Å². The highest BCUT2D eigenvalue weighted by Crippen LogP contribution is 2.23. The first kappa shape index (κ1) is 12.8. The molecule has 0 radical (unpaired) electrons. The molecule has 2 fully saturated rings. The highest BCUT2D eigenvalue weighted by atomic mass is 16.2. The number of nitrogens with zero attached hydrogens (tertiary/aromatic N) is 1. The number of carbonyl (C=O) groups is 1. The fraction of sp³-hybridized carbons (Fsp3) is 0.923. The molecule has 2 rings (SSSR count). The van der Waals surface area contributed by atoms with Crippen molar-refractivity contribution in [3.63, 3.8) is 0 Å².